The van der Waals surface area contributed by atoms with Crippen molar-refractivity contribution in [2.45, 2.75) is 31.6 Å². The molecule has 1 atom stereocenters. The number of nitrogens with zero attached hydrogens (tertiary/aromatic N) is 1. The van der Waals surface area contributed by atoms with Crippen LogP contribution in [0.4, 0.5) is 5.69 Å². The molecular formula is C28H30BrN3O4S. The first-order valence-corrected chi connectivity index (χ1v) is 14.6. The SMILES string of the molecule is C[C@H](NC(=O)c1ccccc1NC(=O)C1CCN(S(=O)(=O)Cc2ccc(Br)cc2)CC1)c1ccccc1. The van der Waals surface area contributed by atoms with Gasteiger partial charge in [-0.3, -0.25) is 9.59 Å². The topological polar surface area (TPSA) is 95.6 Å². The summed E-state index contributed by atoms with van der Waals surface area (Å²) in [5, 5.41) is 5.89. The van der Waals surface area contributed by atoms with Gasteiger partial charge in [-0.25, -0.2) is 12.7 Å². The van der Waals surface area contributed by atoms with Crippen LogP contribution in [-0.2, 0) is 20.6 Å². The highest BCUT2D eigenvalue weighted by Crippen LogP contribution is 2.25. The number of sulfonamides is 1. The summed E-state index contributed by atoms with van der Waals surface area (Å²) in [6, 6.07) is 23.6. The molecule has 3 aromatic carbocycles. The van der Waals surface area contributed by atoms with Gasteiger partial charge in [-0.15, -0.1) is 0 Å². The molecule has 0 radical (unpaired) electrons. The van der Waals surface area contributed by atoms with Crippen molar-refractivity contribution in [3.63, 3.8) is 0 Å². The number of carbonyl (C=O) groups excluding carboxylic acids is 2. The average molecular weight is 585 g/mol. The summed E-state index contributed by atoms with van der Waals surface area (Å²) in [6.07, 6.45) is 0.843. The van der Waals surface area contributed by atoms with Gasteiger partial charge >= 0.3 is 0 Å². The number of hydrogen-bond acceptors (Lipinski definition) is 4. The normalized spacial score (nSPS) is 15.6. The molecule has 0 bridgehead atoms. The number of halogens is 1. The smallest absolute Gasteiger partial charge is 0.253 e. The molecule has 2 N–H and O–H groups in total. The number of hydrogen-bond donors (Lipinski definition) is 2. The van der Waals surface area contributed by atoms with E-state index in [9.17, 15) is 18.0 Å². The largest absolute Gasteiger partial charge is 0.345 e. The minimum atomic E-state index is -3.48. The van der Waals surface area contributed by atoms with Crippen LogP contribution < -0.4 is 10.6 Å². The van der Waals surface area contributed by atoms with Crippen molar-refractivity contribution in [2.75, 3.05) is 18.4 Å². The van der Waals surface area contributed by atoms with E-state index in [2.05, 4.69) is 26.6 Å². The van der Waals surface area contributed by atoms with Gasteiger partial charge in [0.1, 0.15) is 0 Å². The first-order chi connectivity index (χ1) is 17.7. The summed E-state index contributed by atoms with van der Waals surface area (Å²) in [7, 11) is -3.48. The van der Waals surface area contributed by atoms with E-state index in [1.165, 1.54) is 4.31 Å². The monoisotopic (exact) mass is 583 g/mol. The zero-order valence-corrected chi connectivity index (χ0v) is 23.0. The van der Waals surface area contributed by atoms with Crippen LogP contribution in [0.5, 0.6) is 0 Å². The highest BCUT2D eigenvalue weighted by molar-refractivity contribution is 9.10. The van der Waals surface area contributed by atoms with E-state index in [1.54, 1.807) is 36.4 Å². The summed E-state index contributed by atoms with van der Waals surface area (Å²) in [4.78, 5) is 26.0. The molecular weight excluding hydrogens is 554 g/mol. The second kappa shape index (κ2) is 12.0. The van der Waals surface area contributed by atoms with Crippen LogP contribution in [0, 0.1) is 5.92 Å². The summed E-state index contributed by atoms with van der Waals surface area (Å²) < 4.78 is 28.1. The Morgan fingerprint density at radius 3 is 2.24 bits per heavy atom. The fourth-order valence-corrected chi connectivity index (χ4v) is 6.23. The zero-order valence-electron chi connectivity index (χ0n) is 20.6. The van der Waals surface area contributed by atoms with Crippen molar-refractivity contribution >= 4 is 43.5 Å². The Morgan fingerprint density at radius 1 is 0.946 bits per heavy atom. The standard InChI is InChI=1S/C28H30BrN3O4S/c1-20(22-7-3-2-4-8-22)30-28(34)25-9-5-6-10-26(25)31-27(33)23-15-17-32(18-16-23)37(35,36)19-21-11-13-24(29)14-12-21/h2-14,20,23H,15-19H2,1H3,(H,30,34)(H,31,33)/t20-/m0/s1. The lowest BCUT2D eigenvalue weighted by atomic mass is 9.97. The molecule has 2 amide bonds. The molecule has 1 aliphatic rings. The van der Waals surface area contributed by atoms with Gasteiger partial charge in [0.25, 0.3) is 5.91 Å². The zero-order chi connectivity index (χ0) is 26.4. The van der Waals surface area contributed by atoms with Gasteiger partial charge in [0.2, 0.25) is 15.9 Å². The van der Waals surface area contributed by atoms with Crippen molar-refractivity contribution < 1.29 is 18.0 Å². The van der Waals surface area contributed by atoms with Crippen LogP contribution in [0.25, 0.3) is 0 Å². The lowest BCUT2D eigenvalue weighted by molar-refractivity contribution is -0.120. The molecule has 7 nitrogen and oxygen atoms in total. The molecule has 3 aromatic rings. The molecule has 37 heavy (non-hydrogen) atoms. The summed E-state index contributed by atoms with van der Waals surface area (Å²) >= 11 is 3.36. The summed E-state index contributed by atoms with van der Waals surface area (Å²) in [5.41, 5.74) is 2.53. The number of benzene rings is 3. The predicted molar refractivity (Wildman–Crippen MR) is 148 cm³/mol. The lowest BCUT2D eigenvalue weighted by Gasteiger charge is -2.30. The van der Waals surface area contributed by atoms with E-state index in [4.69, 9.17) is 0 Å². The third-order valence-corrected chi connectivity index (χ3v) is 8.94. The number of rotatable bonds is 8. The Morgan fingerprint density at radius 2 is 1.57 bits per heavy atom. The van der Waals surface area contributed by atoms with Crippen molar-refractivity contribution in [2.24, 2.45) is 5.92 Å². The quantitative estimate of drug-likeness (QED) is 0.384. The van der Waals surface area contributed by atoms with E-state index in [1.807, 2.05) is 49.4 Å². The fourth-order valence-electron chi connectivity index (χ4n) is 4.40. The van der Waals surface area contributed by atoms with Crippen molar-refractivity contribution in [1.82, 2.24) is 9.62 Å². The maximum Gasteiger partial charge on any atom is 0.253 e. The second-order valence-electron chi connectivity index (χ2n) is 9.20. The Hall–Kier alpha value is -3.01. The first-order valence-electron chi connectivity index (χ1n) is 12.2. The Bertz CT molecular complexity index is 1340. The molecule has 1 heterocycles. The van der Waals surface area contributed by atoms with E-state index in [0.717, 1.165) is 15.6 Å². The molecule has 0 aromatic heterocycles. The molecule has 4 rings (SSSR count). The van der Waals surface area contributed by atoms with E-state index in [0.29, 0.717) is 24.1 Å². The number of para-hydroxylation sites is 1. The molecule has 1 fully saturated rings. The van der Waals surface area contributed by atoms with Crippen LogP contribution in [0.3, 0.4) is 0 Å². The van der Waals surface area contributed by atoms with Gasteiger partial charge in [-0.1, -0.05) is 70.5 Å². The third-order valence-electron chi connectivity index (χ3n) is 6.56. The highest BCUT2D eigenvalue weighted by Gasteiger charge is 2.31. The maximum atomic E-state index is 13.1. The number of carbonyl (C=O) groups is 2. The summed E-state index contributed by atoms with van der Waals surface area (Å²) in [6.45, 7) is 2.48. The van der Waals surface area contributed by atoms with Crippen molar-refractivity contribution in [3.05, 3.63) is 100 Å². The molecule has 0 saturated carbocycles. The van der Waals surface area contributed by atoms with Crippen LogP contribution in [-0.4, -0.2) is 37.6 Å². The van der Waals surface area contributed by atoms with E-state index < -0.39 is 10.0 Å². The van der Waals surface area contributed by atoms with Gasteiger partial charge in [0, 0.05) is 23.5 Å². The van der Waals surface area contributed by atoms with E-state index >= 15 is 0 Å². The Kier molecular flexibility index (Phi) is 8.79. The van der Waals surface area contributed by atoms with E-state index in [-0.39, 0.29) is 42.6 Å². The molecule has 0 spiro atoms. The predicted octanol–water partition coefficient (Wildman–Crippen LogP) is 5.12. The minimum Gasteiger partial charge on any atom is -0.345 e. The lowest BCUT2D eigenvalue weighted by Crippen LogP contribution is -2.42. The van der Waals surface area contributed by atoms with Crippen molar-refractivity contribution in [1.29, 1.82) is 0 Å². The van der Waals surface area contributed by atoms with Crippen molar-refractivity contribution in [3.8, 4) is 0 Å². The maximum absolute atomic E-state index is 13.1. The van der Waals surface area contributed by atoms with Gasteiger partial charge in [-0.05, 0) is 55.2 Å². The number of piperidine rings is 1. The molecule has 1 saturated heterocycles. The molecule has 9 heteroatoms. The fraction of sp³-hybridized carbons (Fsp3) is 0.286. The van der Waals surface area contributed by atoms with Crippen LogP contribution in [0.15, 0.2) is 83.3 Å². The summed E-state index contributed by atoms with van der Waals surface area (Å²) in [5.74, 6) is -0.887. The molecule has 194 valence electrons. The first kappa shape index (κ1) is 27.0. The highest BCUT2D eigenvalue weighted by atomic mass is 79.9. The van der Waals surface area contributed by atoms with Crippen LogP contribution in [0.1, 0.15) is 47.3 Å². The molecule has 0 aliphatic carbocycles. The number of nitrogens with one attached hydrogen (secondary N) is 2. The van der Waals surface area contributed by atoms with Gasteiger partial charge in [-0.2, -0.15) is 0 Å². The van der Waals surface area contributed by atoms with Crippen LogP contribution >= 0.6 is 15.9 Å². The Labute approximate surface area is 226 Å². The third kappa shape index (κ3) is 7.06. The average Bonchev–Trinajstić information content (AvgIpc) is 2.90. The van der Waals surface area contributed by atoms with Gasteiger partial charge in [0.15, 0.2) is 0 Å². The molecule has 1 aliphatic heterocycles. The van der Waals surface area contributed by atoms with Gasteiger partial charge < -0.3 is 10.6 Å². The Balaban J connectivity index is 1.35. The second-order valence-corrected chi connectivity index (χ2v) is 12.1. The van der Waals surface area contributed by atoms with Crippen LogP contribution in [0.2, 0.25) is 0 Å². The van der Waals surface area contributed by atoms with Gasteiger partial charge in [0.05, 0.1) is 23.0 Å². The number of anilines is 1. The minimum absolute atomic E-state index is 0.0684. The number of amides is 2. The molecule has 0 unspecified atom stereocenters.